The second-order valence-electron chi connectivity index (χ2n) is 6.12. The molecule has 2 aromatic rings. The second kappa shape index (κ2) is 6.54. The highest BCUT2D eigenvalue weighted by atomic mass is 16.5. The van der Waals surface area contributed by atoms with Crippen molar-refractivity contribution < 1.29 is 9.53 Å². The average molecular weight is 313 g/mol. The van der Waals surface area contributed by atoms with E-state index >= 15 is 0 Å². The summed E-state index contributed by atoms with van der Waals surface area (Å²) >= 11 is 0. The Labute approximate surface area is 136 Å². The Kier molecular flexibility index (Phi) is 4.48. The predicted octanol–water partition coefficient (Wildman–Crippen LogP) is 2.63. The van der Waals surface area contributed by atoms with Crippen LogP contribution in [-0.4, -0.2) is 29.4 Å². The Bertz CT molecular complexity index is 721. The predicted molar refractivity (Wildman–Crippen MR) is 88.7 cm³/mol. The zero-order valence-electron chi connectivity index (χ0n) is 13.9. The zero-order chi connectivity index (χ0) is 16.4. The second-order valence-corrected chi connectivity index (χ2v) is 6.12. The van der Waals surface area contributed by atoms with Gasteiger partial charge in [-0.2, -0.15) is 5.10 Å². The van der Waals surface area contributed by atoms with Gasteiger partial charge in [0.15, 0.2) is 0 Å². The van der Waals surface area contributed by atoms with Gasteiger partial charge in [-0.3, -0.25) is 4.79 Å². The summed E-state index contributed by atoms with van der Waals surface area (Å²) in [5.74, 6) is -0.0789. The molecule has 1 heterocycles. The number of nitrogens with one attached hydrogen (secondary N) is 1. The number of aromatic nitrogens is 2. The maximum absolute atomic E-state index is 11.8. The summed E-state index contributed by atoms with van der Waals surface area (Å²) in [6.45, 7) is 4.33. The van der Waals surface area contributed by atoms with Crippen LogP contribution in [0.1, 0.15) is 41.3 Å². The molecule has 1 N–H and O–H groups in total. The molecule has 1 aromatic heterocycles. The number of carbonyl (C=O) groups excluding carboxylic acids is 1. The molecule has 5 heteroatoms. The van der Waals surface area contributed by atoms with Gasteiger partial charge < -0.3 is 10.1 Å². The molecular formula is C18H23N3O2. The molecule has 1 aliphatic carbocycles. The fourth-order valence-electron chi connectivity index (χ4n) is 3.25. The van der Waals surface area contributed by atoms with E-state index in [0.29, 0.717) is 0 Å². The molecule has 0 aliphatic heterocycles. The van der Waals surface area contributed by atoms with Gasteiger partial charge in [0.2, 0.25) is 5.91 Å². The van der Waals surface area contributed by atoms with E-state index in [4.69, 9.17) is 4.74 Å². The van der Waals surface area contributed by atoms with Gasteiger partial charge in [-0.1, -0.05) is 12.1 Å². The minimum absolute atomic E-state index is 0.0280. The lowest BCUT2D eigenvalue weighted by Crippen LogP contribution is -2.33. The molecule has 1 amide bonds. The normalized spacial score (nSPS) is 16.9. The number of hydrogen-bond acceptors (Lipinski definition) is 3. The third-order valence-corrected chi connectivity index (χ3v) is 4.60. The van der Waals surface area contributed by atoms with Crippen LogP contribution in [0.3, 0.4) is 0 Å². The van der Waals surface area contributed by atoms with Crippen molar-refractivity contribution in [3.63, 3.8) is 0 Å². The van der Waals surface area contributed by atoms with E-state index in [1.807, 2.05) is 10.9 Å². The molecule has 1 atom stereocenters. The number of rotatable bonds is 4. The van der Waals surface area contributed by atoms with Crippen molar-refractivity contribution >= 4 is 5.91 Å². The number of hydrogen-bond donors (Lipinski definition) is 1. The van der Waals surface area contributed by atoms with Crippen LogP contribution in [0.25, 0.3) is 5.69 Å². The van der Waals surface area contributed by atoms with E-state index in [2.05, 4.69) is 42.5 Å². The smallest absolute Gasteiger partial charge is 0.246 e. The van der Waals surface area contributed by atoms with Gasteiger partial charge in [0, 0.05) is 18.4 Å². The van der Waals surface area contributed by atoms with Gasteiger partial charge in [-0.15, -0.1) is 0 Å². The summed E-state index contributed by atoms with van der Waals surface area (Å²) in [5.41, 5.74) is 5.95. The number of nitrogens with zero attached hydrogens (tertiary/aromatic N) is 2. The molecular weight excluding hydrogens is 290 g/mol. The Hall–Kier alpha value is -2.14. The highest BCUT2D eigenvalue weighted by Crippen LogP contribution is 2.32. The quantitative estimate of drug-likeness (QED) is 0.944. The molecule has 0 unspecified atom stereocenters. The van der Waals surface area contributed by atoms with Crippen LogP contribution < -0.4 is 5.32 Å². The topological polar surface area (TPSA) is 56.1 Å². The summed E-state index contributed by atoms with van der Waals surface area (Å²) in [4.78, 5) is 11.8. The molecule has 0 radical (unpaired) electrons. The van der Waals surface area contributed by atoms with Crippen molar-refractivity contribution in [3.05, 3.63) is 46.8 Å². The first-order valence-corrected chi connectivity index (χ1v) is 8.03. The Morgan fingerprint density at radius 1 is 1.43 bits per heavy atom. The summed E-state index contributed by atoms with van der Waals surface area (Å²) in [5, 5.41) is 7.66. The molecule has 1 aromatic carbocycles. The Morgan fingerprint density at radius 2 is 2.26 bits per heavy atom. The number of fused-ring (bicyclic) bond motifs is 1. The fraction of sp³-hybridized carbons (Fsp3) is 0.444. The summed E-state index contributed by atoms with van der Waals surface area (Å²) < 4.78 is 6.94. The van der Waals surface area contributed by atoms with Gasteiger partial charge in [0.25, 0.3) is 0 Å². The molecule has 1 aliphatic rings. The third-order valence-electron chi connectivity index (χ3n) is 4.60. The van der Waals surface area contributed by atoms with Crippen molar-refractivity contribution in [1.82, 2.24) is 15.1 Å². The van der Waals surface area contributed by atoms with E-state index in [1.165, 1.54) is 23.9 Å². The molecule has 0 fully saturated rings. The largest absolute Gasteiger partial charge is 0.375 e. The molecule has 5 nitrogen and oxygen atoms in total. The minimum Gasteiger partial charge on any atom is -0.375 e. The van der Waals surface area contributed by atoms with Crippen molar-refractivity contribution in [1.29, 1.82) is 0 Å². The van der Waals surface area contributed by atoms with E-state index < -0.39 is 0 Å². The molecule has 3 rings (SSSR count). The molecule has 0 saturated carbocycles. The molecule has 0 spiro atoms. The van der Waals surface area contributed by atoms with Crippen LogP contribution in [0.5, 0.6) is 0 Å². The maximum Gasteiger partial charge on any atom is 0.246 e. The first kappa shape index (κ1) is 15.7. The standard InChI is InChI=1S/C18H23N3O2/c1-12-6-4-8-16(13(12)2)21-17-9-5-7-15(14(17)10-19-21)20-18(22)11-23-3/h4,6,8,10,15H,5,7,9,11H2,1-3H3,(H,20,22)/t15-/m0/s1. The highest BCUT2D eigenvalue weighted by molar-refractivity contribution is 5.77. The number of ether oxygens (including phenoxy) is 1. The van der Waals surface area contributed by atoms with E-state index in [1.54, 1.807) is 0 Å². The summed E-state index contributed by atoms with van der Waals surface area (Å²) in [6.07, 6.45) is 4.87. The first-order valence-electron chi connectivity index (χ1n) is 8.03. The van der Waals surface area contributed by atoms with Gasteiger partial charge in [0.05, 0.1) is 17.9 Å². The van der Waals surface area contributed by atoms with Gasteiger partial charge in [0.1, 0.15) is 6.61 Å². The third kappa shape index (κ3) is 3.01. The van der Waals surface area contributed by atoms with Crippen LogP contribution in [-0.2, 0) is 16.0 Å². The average Bonchev–Trinajstić information content (AvgIpc) is 2.95. The lowest BCUT2D eigenvalue weighted by molar-refractivity contribution is -0.125. The van der Waals surface area contributed by atoms with Crippen LogP contribution >= 0.6 is 0 Å². The van der Waals surface area contributed by atoms with Gasteiger partial charge >= 0.3 is 0 Å². The van der Waals surface area contributed by atoms with Crippen LogP contribution in [0.4, 0.5) is 0 Å². The summed E-state index contributed by atoms with van der Waals surface area (Å²) in [7, 11) is 1.53. The molecule has 0 saturated heterocycles. The monoisotopic (exact) mass is 313 g/mol. The van der Waals surface area contributed by atoms with Crippen molar-refractivity contribution in [2.24, 2.45) is 0 Å². The minimum atomic E-state index is -0.0789. The van der Waals surface area contributed by atoms with Crippen molar-refractivity contribution in [2.45, 2.75) is 39.2 Å². The highest BCUT2D eigenvalue weighted by Gasteiger charge is 2.26. The Balaban J connectivity index is 1.94. The Morgan fingerprint density at radius 3 is 3.04 bits per heavy atom. The van der Waals surface area contributed by atoms with Crippen LogP contribution in [0.2, 0.25) is 0 Å². The first-order chi connectivity index (χ1) is 11.1. The van der Waals surface area contributed by atoms with Crippen molar-refractivity contribution in [3.8, 4) is 5.69 Å². The number of carbonyl (C=O) groups is 1. The maximum atomic E-state index is 11.8. The lowest BCUT2D eigenvalue weighted by Gasteiger charge is -2.24. The van der Waals surface area contributed by atoms with Gasteiger partial charge in [-0.25, -0.2) is 4.68 Å². The summed E-state index contributed by atoms with van der Waals surface area (Å²) in [6, 6.07) is 6.30. The van der Waals surface area contributed by atoms with E-state index in [-0.39, 0.29) is 18.6 Å². The number of benzene rings is 1. The fourth-order valence-corrected chi connectivity index (χ4v) is 3.25. The van der Waals surface area contributed by atoms with E-state index in [9.17, 15) is 4.79 Å². The molecule has 0 bridgehead atoms. The number of aryl methyl sites for hydroxylation is 1. The lowest BCUT2D eigenvalue weighted by atomic mass is 9.92. The van der Waals surface area contributed by atoms with Gasteiger partial charge in [-0.05, 0) is 50.3 Å². The zero-order valence-corrected chi connectivity index (χ0v) is 13.9. The van der Waals surface area contributed by atoms with E-state index in [0.717, 1.165) is 30.5 Å². The SMILES string of the molecule is COCC(=O)N[C@H]1CCCc2c1cnn2-c1cccc(C)c1C. The molecule has 122 valence electrons. The van der Waals surface area contributed by atoms with Crippen LogP contribution in [0.15, 0.2) is 24.4 Å². The number of amides is 1. The number of methoxy groups -OCH3 is 1. The van der Waals surface area contributed by atoms with Crippen molar-refractivity contribution in [2.75, 3.05) is 13.7 Å². The van der Waals surface area contributed by atoms with Crippen LogP contribution in [0, 0.1) is 13.8 Å². The molecule has 23 heavy (non-hydrogen) atoms.